The third-order valence-corrected chi connectivity index (χ3v) is 5.45. The summed E-state index contributed by atoms with van der Waals surface area (Å²) in [5.74, 6) is -0.434. The molecule has 0 aliphatic heterocycles. The summed E-state index contributed by atoms with van der Waals surface area (Å²) >= 11 is 6.22. The van der Waals surface area contributed by atoms with Gasteiger partial charge in [0.1, 0.15) is 5.82 Å². The fourth-order valence-electron chi connectivity index (χ4n) is 3.43. The van der Waals surface area contributed by atoms with Crippen LogP contribution in [0.25, 0.3) is 0 Å². The van der Waals surface area contributed by atoms with E-state index in [-0.39, 0.29) is 18.1 Å². The minimum Gasteiger partial charge on any atom is -0.383 e. The number of carbonyl (C=O) groups excluding carboxylic acids is 1. The second-order valence-corrected chi connectivity index (χ2v) is 7.88. The Balaban J connectivity index is 1.97. The van der Waals surface area contributed by atoms with Crippen molar-refractivity contribution in [2.24, 2.45) is 0 Å². The number of nitrogens with one attached hydrogen (secondary N) is 1. The van der Waals surface area contributed by atoms with E-state index in [1.54, 1.807) is 16.9 Å². The first-order valence-electron chi connectivity index (χ1n) is 10.6. The third-order valence-electron chi connectivity index (χ3n) is 5.08. The topological polar surface area (TPSA) is 119 Å². The molecule has 2 heterocycles. The number of amides is 1. The van der Waals surface area contributed by atoms with Gasteiger partial charge in [-0.05, 0) is 24.5 Å². The molecule has 2 aromatic heterocycles. The molecular formula is C22H27ClN6O3. The maximum atomic E-state index is 13.4. The van der Waals surface area contributed by atoms with Crippen LogP contribution in [0, 0.1) is 0 Å². The Labute approximate surface area is 190 Å². The molecule has 32 heavy (non-hydrogen) atoms. The Morgan fingerprint density at radius 2 is 1.97 bits per heavy atom. The van der Waals surface area contributed by atoms with Crippen molar-refractivity contribution in [1.82, 2.24) is 19.3 Å². The number of aromatic nitrogens is 4. The smallest absolute Gasteiger partial charge is 0.330 e. The molecule has 0 saturated heterocycles. The van der Waals surface area contributed by atoms with Crippen LogP contribution in [0.2, 0.25) is 5.02 Å². The summed E-state index contributed by atoms with van der Waals surface area (Å²) < 4.78 is 2.89. The molecule has 0 atom stereocenters. The maximum Gasteiger partial charge on any atom is 0.330 e. The van der Waals surface area contributed by atoms with Crippen LogP contribution in [-0.4, -0.2) is 31.8 Å². The van der Waals surface area contributed by atoms with Gasteiger partial charge in [-0.1, -0.05) is 50.1 Å². The second-order valence-electron chi connectivity index (χ2n) is 7.47. The molecule has 0 aliphatic carbocycles. The van der Waals surface area contributed by atoms with Gasteiger partial charge in [0.15, 0.2) is 5.69 Å². The van der Waals surface area contributed by atoms with E-state index in [1.807, 2.05) is 32.0 Å². The number of nitrogens with zero attached hydrogens (tertiary/aromatic N) is 4. The first-order valence-corrected chi connectivity index (χ1v) is 10.9. The lowest BCUT2D eigenvalue weighted by atomic mass is 10.2. The van der Waals surface area contributed by atoms with E-state index in [0.29, 0.717) is 36.5 Å². The monoisotopic (exact) mass is 458 g/mol. The molecule has 0 unspecified atom stereocenters. The van der Waals surface area contributed by atoms with Gasteiger partial charge in [-0.2, -0.15) is 5.10 Å². The number of aromatic amines is 1. The molecule has 0 spiro atoms. The zero-order valence-electron chi connectivity index (χ0n) is 18.2. The minimum absolute atomic E-state index is 0.0182. The van der Waals surface area contributed by atoms with Crippen molar-refractivity contribution in [2.45, 2.75) is 46.2 Å². The lowest BCUT2D eigenvalue weighted by Crippen LogP contribution is -2.41. The zero-order chi connectivity index (χ0) is 23.3. The summed E-state index contributed by atoms with van der Waals surface area (Å²) in [6.07, 6.45) is 5.17. The molecule has 3 aromatic rings. The van der Waals surface area contributed by atoms with Crippen LogP contribution in [0.4, 0.5) is 11.5 Å². The van der Waals surface area contributed by atoms with Crippen LogP contribution in [0.1, 0.15) is 49.0 Å². The number of carbonyl (C=O) groups is 1. The highest BCUT2D eigenvalue weighted by atomic mass is 35.5. The zero-order valence-corrected chi connectivity index (χ0v) is 18.9. The summed E-state index contributed by atoms with van der Waals surface area (Å²) in [7, 11) is 0. The van der Waals surface area contributed by atoms with Crippen molar-refractivity contribution in [2.75, 3.05) is 17.2 Å². The summed E-state index contributed by atoms with van der Waals surface area (Å²) in [5, 5.41) is 4.88. The highest BCUT2D eigenvalue weighted by Gasteiger charge is 2.25. The average molecular weight is 459 g/mol. The third kappa shape index (κ3) is 4.94. The van der Waals surface area contributed by atoms with E-state index in [1.165, 1.54) is 15.7 Å². The number of rotatable bonds is 9. The van der Waals surface area contributed by atoms with Crippen molar-refractivity contribution in [3.8, 4) is 0 Å². The van der Waals surface area contributed by atoms with E-state index in [9.17, 15) is 14.4 Å². The molecule has 1 aromatic carbocycles. The first-order chi connectivity index (χ1) is 15.4. The molecule has 3 N–H and O–H groups in total. The fourth-order valence-corrected chi connectivity index (χ4v) is 3.63. The summed E-state index contributed by atoms with van der Waals surface area (Å²) in [6.45, 7) is 4.88. The van der Waals surface area contributed by atoms with Crippen LogP contribution in [0.5, 0.6) is 0 Å². The molecule has 3 rings (SSSR count). The Morgan fingerprint density at radius 1 is 1.22 bits per heavy atom. The summed E-state index contributed by atoms with van der Waals surface area (Å²) in [5.41, 5.74) is 6.08. The Bertz CT molecular complexity index is 1210. The highest BCUT2D eigenvalue weighted by molar-refractivity contribution is 6.31. The van der Waals surface area contributed by atoms with Gasteiger partial charge in [0.25, 0.3) is 11.5 Å². The predicted molar refractivity (Wildman–Crippen MR) is 125 cm³/mol. The van der Waals surface area contributed by atoms with E-state index >= 15 is 0 Å². The van der Waals surface area contributed by atoms with Gasteiger partial charge in [0.05, 0.1) is 18.3 Å². The van der Waals surface area contributed by atoms with Crippen LogP contribution in [0.3, 0.4) is 0 Å². The Kier molecular flexibility index (Phi) is 7.53. The van der Waals surface area contributed by atoms with Gasteiger partial charge in [-0.15, -0.1) is 0 Å². The molecule has 0 aliphatic rings. The highest BCUT2D eigenvalue weighted by Crippen LogP contribution is 2.21. The van der Waals surface area contributed by atoms with Crippen molar-refractivity contribution in [3.63, 3.8) is 0 Å². The van der Waals surface area contributed by atoms with E-state index in [2.05, 4.69) is 10.1 Å². The lowest BCUT2D eigenvalue weighted by Gasteiger charge is -2.24. The van der Waals surface area contributed by atoms with E-state index in [0.717, 1.165) is 12.0 Å². The standard InChI is InChI=1S/C22H27ClN6O3/c1-3-5-11-28(18-19(24)29(10-4-2)22(32)26-20(18)30)21(31)16-12-25-27(14-16)13-15-8-6-7-9-17(15)23/h6-9,12,14H,3-5,10-11,13,24H2,1-2H3,(H,26,30,32). The van der Waals surface area contributed by atoms with Crippen molar-refractivity contribution >= 4 is 29.0 Å². The largest absolute Gasteiger partial charge is 0.383 e. The minimum atomic E-state index is -0.687. The Morgan fingerprint density at radius 3 is 2.66 bits per heavy atom. The van der Waals surface area contributed by atoms with Crippen LogP contribution < -0.4 is 21.9 Å². The van der Waals surface area contributed by atoms with Crippen molar-refractivity contribution < 1.29 is 4.79 Å². The quantitative estimate of drug-likeness (QED) is 0.511. The number of hydrogen-bond acceptors (Lipinski definition) is 5. The summed E-state index contributed by atoms with van der Waals surface area (Å²) in [4.78, 5) is 41.9. The number of nitrogen functional groups attached to an aromatic ring is 1. The van der Waals surface area contributed by atoms with Crippen LogP contribution in [-0.2, 0) is 13.1 Å². The number of anilines is 2. The first kappa shape index (κ1) is 23.3. The number of hydrogen-bond donors (Lipinski definition) is 2. The van der Waals surface area contributed by atoms with Crippen molar-refractivity contribution in [3.05, 3.63) is 73.6 Å². The second kappa shape index (κ2) is 10.3. The van der Waals surface area contributed by atoms with Gasteiger partial charge < -0.3 is 10.6 Å². The van der Waals surface area contributed by atoms with Gasteiger partial charge in [-0.3, -0.25) is 23.8 Å². The molecule has 0 saturated carbocycles. The molecule has 0 radical (unpaired) electrons. The van der Waals surface area contributed by atoms with Crippen LogP contribution >= 0.6 is 11.6 Å². The van der Waals surface area contributed by atoms with E-state index in [4.69, 9.17) is 17.3 Å². The van der Waals surface area contributed by atoms with E-state index < -0.39 is 17.2 Å². The molecule has 10 heteroatoms. The molecule has 9 nitrogen and oxygen atoms in total. The number of halogens is 1. The Hall–Kier alpha value is -3.33. The van der Waals surface area contributed by atoms with Gasteiger partial charge in [-0.25, -0.2) is 4.79 Å². The molecule has 0 bridgehead atoms. The number of unbranched alkanes of at least 4 members (excludes halogenated alkanes) is 1. The normalized spacial score (nSPS) is 11.0. The van der Waals surface area contributed by atoms with Gasteiger partial charge in [0.2, 0.25) is 0 Å². The average Bonchev–Trinajstić information content (AvgIpc) is 3.23. The lowest BCUT2D eigenvalue weighted by molar-refractivity contribution is 0.0986. The molecule has 0 fully saturated rings. The number of benzene rings is 1. The summed E-state index contributed by atoms with van der Waals surface area (Å²) in [6, 6.07) is 7.40. The number of nitrogens with two attached hydrogens (primary N) is 1. The molecule has 1 amide bonds. The maximum absolute atomic E-state index is 13.4. The van der Waals surface area contributed by atoms with Gasteiger partial charge >= 0.3 is 5.69 Å². The SMILES string of the molecule is CCCCN(C(=O)c1cnn(Cc2ccccc2Cl)c1)c1c(N)n(CCC)c(=O)[nH]c1=O. The molecule has 170 valence electrons. The van der Waals surface area contributed by atoms with Crippen molar-refractivity contribution in [1.29, 1.82) is 0 Å². The fraction of sp³-hybridized carbons (Fsp3) is 0.364. The van der Waals surface area contributed by atoms with Crippen LogP contribution in [0.15, 0.2) is 46.2 Å². The van der Waals surface area contributed by atoms with Gasteiger partial charge in [0, 0.05) is 24.3 Å². The number of H-pyrrole nitrogens is 1. The molecular weight excluding hydrogens is 432 g/mol. The predicted octanol–water partition coefficient (Wildman–Crippen LogP) is 2.87.